The summed E-state index contributed by atoms with van der Waals surface area (Å²) in [5.74, 6) is -1.40. The minimum atomic E-state index is -4.13. The number of benzene rings is 2. The Bertz CT molecular complexity index is 1140. The quantitative estimate of drug-likeness (QED) is 0.555. The second kappa shape index (κ2) is 9.13. The van der Waals surface area contributed by atoms with Crippen LogP contribution in [0, 0.1) is 11.6 Å². The maximum absolute atomic E-state index is 14.2. The van der Waals surface area contributed by atoms with E-state index in [9.17, 15) is 17.2 Å². The van der Waals surface area contributed by atoms with E-state index in [-0.39, 0.29) is 27.3 Å². The van der Waals surface area contributed by atoms with Crippen molar-refractivity contribution < 1.29 is 26.4 Å². The second-order valence-corrected chi connectivity index (χ2v) is 8.84. The van der Waals surface area contributed by atoms with E-state index in [4.69, 9.17) is 9.15 Å². The van der Waals surface area contributed by atoms with Crippen LogP contribution in [0.3, 0.4) is 0 Å². The van der Waals surface area contributed by atoms with E-state index in [0.29, 0.717) is 26.3 Å². The molecule has 1 fully saturated rings. The number of ether oxygens (including phenoxy) is 1. The molecule has 0 saturated carbocycles. The second-order valence-electron chi connectivity index (χ2n) is 6.97. The first-order chi connectivity index (χ1) is 14.9. The van der Waals surface area contributed by atoms with Crippen molar-refractivity contribution in [1.29, 1.82) is 0 Å². The van der Waals surface area contributed by atoms with Gasteiger partial charge in [0.25, 0.3) is 0 Å². The number of oxazole rings is 1. The summed E-state index contributed by atoms with van der Waals surface area (Å²) >= 11 is 0. The Balaban J connectivity index is 1.66. The molecule has 2 heterocycles. The first-order valence-electron chi connectivity index (χ1n) is 9.75. The highest BCUT2D eigenvalue weighted by molar-refractivity contribution is 7.91. The summed E-state index contributed by atoms with van der Waals surface area (Å²) in [7, 11) is -4.13. The van der Waals surface area contributed by atoms with Crippen LogP contribution in [0.4, 0.5) is 14.7 Å². The van der Waals surface area contributed by atoms with E-state index >= 15 is 0 Å². The molecule has 0 amide bonds. The number of nitrogens with zero attached hydrogens (tertiary/aromatic N) is 2. The molecule has 0 radical (unpaired) electrons. The van der Waals surface area contributed by atoms with Crippen LogP contribution in [-0.2, 0) is 14.6 Å². The average Bonchev–Trinajstić information content (AvgIpc) is 3.20. The largest absolute Gasteiger partial charge is 0.419 e. The molecule has 1 aliphatic heterocycles. The topological polar surface area (TPSA) is 84.7 Å². The number of morpholine rings is 1. The molecule has 7 nitrogen and oxygen atoms in total. The smallest absolute Gasteiger partial charge is 0.233 e. The fourth-order valence-corrected chi connectivity index (χ4v) is 4.51. The SMILES string of the molecule is O=S(=O)(c1ccc(F)cc1)c1nc(-c2ccccc2F)oc1NCCN1CCOCC1. The molecule has 4 rings (SSSR count). The lowest BCUT2D eigenvalue weighted by Crippen LogP contribution is -2.39. The van der Waals surface area contributed by atoms with Crippen LogP contribution < -0.4 is 5.32 Å². The highest BCUT2D eigenvalue weighted by Gasteiger charge is 2.29. The molecule has 31 heavy (non-hydrogen) atoms. The number of sulfone groups is 1. The van der Waals surface area contributed by atoms with Gasteiger partial charge in [0.1, 0.15) is 11.6 Å². The monoisotopic (exact) mass is 449 g/mol. The molecule has 0 atom stereocenters. The molecule has 3 aromatic rings. The summed E-state index contributed by atoms with van der Waals surface area (Å²) in [5.41, 5.74) is 0.0410. The Kier molecular flexibility index (Phi) is 6.30. The van der Waals surface area contributed by atoms with E-state index in [1.165, 1.54) is 18.2 Å². The van der Waals surface area contributed by atoms with Gasteiger partial charge in [0.2, 0.25) is 26.6 Å². The van der Waals surface area contributed by atoms with Gasteiger partial charge in [0.15, 0.2) is 0 Å². The number of hydrogen-bond acceptors (Lipinski definition) is 7. The Hall–Kier alpha value is -2.82. The summed E-state index contributed by atoms with van der Waals surface area (Å²) < 4.78 is 64.8. The zero-order valence-corrected chi connectivity index (χ0v) is 17.4. The van der Waals surface area contributed by atoms with Crippen molar-refractivity contribution in [2.75, 3.05) is 44.7 Å². The number of anilines is 1. The minimum absolute atomic E-state index is 0.0410. The molecule has 0 aliphatic carbocycles. The molecule has 0 spiro atoms. The van der Waals surface area contributed by atoms with Gasteiger partial charge in [-0.25, -0.2) is 17.2 Å². The number of nitrogens with one attached hydrogen (secondary N) is 1. The Morgan fingerprint density at radius 3 is 2.45 bits per heavy atom. The van der Waals surface area contributed by atoms with Crippen LogP contribution in [0.1, 0.15) is 0 Å². The van der Waals surface area contributed by atoms with Crippen LogP contribution in [-0.4, -0.2) is 57.7 Å². The first kappa shape index (κ1) is 21.4. The van der Waals surface area contributed by atoms with Gasteiger partial charge in [-0.15, -0.1) is 0 Å². The van der Waals surface area contributed by atoms with Gasteiger partial charge >= 0.3 is 0 Å². The molecular weight excluding hydrogens is 428 g/mol. The van der Waals surface area contributed by atoms with Crippen molar-refractivity contribution >= 4 is 15.7 Å². The predicted octanol–water partition coefficient (Wildman–Crippen LogP) is 3.20. The summed E-state index contributed by atoms with van der Waals surface area (Å²) in [5, 5.41) is 2.59. The summed E-state index contributed by atoms with van der Waals surface area (Å²) in [6.45, 7) is 3.86. The maximum atomic E-state index is 14.2. The summed E-state index contributed by atoms with van der Waals surface area (Å²) in [6, 6.07) is 10.2. The van der Waals surface area contributed by atoms with Gasteiger partial charge in [-0.05, 0) is 36.4 Å². The van der Waals surface area contributed by atoms with Gasteiger partial charge in [0, 0.05) is 26.2 Å². The molecule has 1 N–H and O–H groups in total. The third-order valence-corrected chi connectivity index (χ3v) is 6.57. The lowest BCUT2D eigenvalue weighted by Gasteiger charge is -2.26. The third kappa shape index (κ3) is 4.76. The number of halogens is 2. The molecule has 164 valence electrons. The van der Waals surface area contributed by atoms with Gasteiger partial charge in [-0.2, -0.15) is 4.98 Å². The minimum Gasteiger partial charge on any atom is -0.419 e. The zero-order chi connectivity index (χ0) is 21.8. The summed E-state index contributed by atoms with van der Waals surface area (Å²) in [4.78, 5) is 6.12. The molecule has 2 aromatic carbocycles. The van der Waals surface area contributed by atoms with Crippen molar-refractivity contribution in [3.05, 3.63) is 60.2 Å². The number of rotatable bonds is 7. The molecule has 0 unspecified atom stereocenters. The third-order valence-electron chi connectivity index (χ3n) is 4.90. The van der Waals surface area contributed by atoms with Crippen molar-refractivity contribution in [2.24, 2.45) is 0 Å². The highest BCUT2D eigenvalue weighted by Crippen LogP contribution is 2.33. The van der Waals surface area contributed by atoms with E-state index < -0.39 is 21.5 Å². The van der Waals surface area contributed by atoms with Crippen LogP contribution in [0.2, 0.25) is 0 Å². The zero-order valence-electron chi connectivity index (χ0n) is 16.6. The van der Waals surface area contributed by atoms with E-state index in [1.807, 2.05) is 0 Å². The van der Waals surface area contributed by atoms with E-state index in [0.717, 1.165) is 37.4 Å². The van der Waals surface area contributed by atoms with Crippen molar-refractivity contribution in [3.63, 3.8) is 0 Å². The van der Waals surface area contributed by atoms with Crippen LogP contribution in [0.15, 0.2) is 62.9 Å². The number of hydrogen-bond donors (Lipinski definition) is 1. The van der Waals surface area contributed by atoms with Crippen LogP contribution in [0.5, 0.6) is 0 Å². The predicted molar refractivity (Wildman–Crippen MR) is 109 cm³/mol. The molecule has 1 saturated heterocycles. The van der Waals surface area contributed by atoms with Gasteiger partial charge < -0.3 is 14.5 Å². The first-order valence-corrected chi connectivity index (χ1v) is 11.2. The molecule has 1 aliphatic rings. The molecule has 1 aromatic heterocycles. The average molecular weight is 449 g/mol. The van der Waals surface area contributed by atoms with Crippen LogP contribution >= 0.6 is 0 Å². The number of aromatic nitrogens is 1. The normalized spacial score (nSPS) is 15.2. The Labute approximate surface area is 178 Å². The summed E-state index contributed by atoms with van der Waals surface area (Å²) in [6.07, 6.45) is 0. The standard InChI is InChI=1S/C21H21F2N3O4S/c22-15-5-7-16(8-6-15)31(27,28)21-20(24-9-10-26-11-13-29-14-12-26)30-19(25-21)17-3-1-2-4-18(17)23/h1-8,24H,9-14H2. The fourth-order valence-electron chi connectivity index (χ4n) is 3.23. The van der Waals surface area contributed by atoms with Gasteiger partial charge in [-0.1, -0.05) is 12.1 Å². The highest BCUT2D eigenvalue weighted by atomic mass is 32.2. The van der Waals surface area contributed by atoms with Crippen molar-refractivity contribution in [2.45, 2.75) is 9.92 Å². The van der Waals surface area contributed by atoms with Crippen LogP contribution in [0.25, 0.3) is 11.5 Å². The molecular formula is C21H21F2N3O4S. The van der Waals surface area contributed by atoms with Gasteiger partial charge in [0.05, 0.1) is 23.7 Å². The molecule has 0 bridgehead atoms. The Morgan fingerprint density at radius 2 is 1.74 bits per heavy atom. The molecule has 10 heteroatoms. The van der Waals surface area contributed by atoms with Gasteiger partial charge in [-0.3, -0.25) is 4.90 Å². The van der Waals surface area contributed by atoms with E-state index in [2.05, 4.69) is 15.2 Å². The van der Waals surface area contributed by atoms with Crippen molar-refractivity contribution in [3.8, 4) is 11.5 Å². The van der Waals surface area contributed by atoms with E-state index in [1.54, 1.807) is 6.07 Å². The van der Waals surface area contributed by atoms with Crippen molar-refractivity contribution in [1.82, 2.24) is 9.88 Å². The fraction of sp³-hybridized carbons (Fsp3) is 0.286. The lowest BCUT2D eigenvalue weighted by atomic mass is 10.2. The lowest BCUT2D eigenvalue weighted by molar-refractivity contribution is 0.0398. The maximum Gasteiger partial charge on any atom is 0.233 e. The Morgan fingerprint density at radius 1 is 1.03 bits per heavy atom.